The van der Waals surface area contributed by atoms with Gasteiger partial charge in [-0.2, -0.15) is 9.81 Å². The van der Waals surface area contributed by atoms with Crippen LogP contribution in [0.1, 0.15) is 126 Å². The molecule has 35 heteroatoms. The van der Waals surface area contributed by atoms with Crippen molar-refractivity contribution in [1.29, 1.82) is 0 Å². The Bertz CT molecular complexity index is 4220. The number of amides is 2. The maximum atomic E-state index is 13.2. The number of fused-ring (bicyclic) bond motifs is 3. The number of nitrogens with zero attached hydrogens (tertiary/aromatic N) is 5. The summed E-state index contributed by atoms with van der Waals surface area (Å²) in [6.45, 7) is 10.3. The summed E-state index contributed by atoms with van der Waals surface area (Å²) in [4.78, 5) is 50.4. The number of Topliss-reactive ketones (excluding diaryl/α,β-unsaturated/α-hetero) is 1. The number of ketones is 1. The van der Waals surface area contributed by atoms with E-state index < -0.39 is 29.9 Å². The van der Waals surface area contributed by atoms with Crippen LogP contribution in [-0.4, -0.2) is 223 Å². The van der Waals surface area contributed by atoms with Gasteiger partial charge in [0.25, 0.3) is 0 Å². The van der Waals surface area contributed by atoms with Gasteiger partial charge in [-0.05, 0) is 183 Å². The number of unbranched alkanes of at least 4 members (excludes halogenated alkanes) is 3. The molecule has 6 N–H and O–H groups in total. The highest BCUT2D eigenvalue weighted by Crippen LogP contribution is 2.42. The Balaban J connectivity index is 0.000000368. The van der Waals surface area contributed by atoms with Gasteiger partial charge in [-0.15, -0.1) is 0 Å². The lowest BCUT2D eigenvalue weighted by Crippen LogP contribution is -2.37. The Hall–Kier alpha value is -5.43. The second-order valence-corrected chi connectivity index (χ2v) is 36.0. The Labute approximate surface area is 701 Å². The number of nitroso groups, excluding NO2 is 2. The van der Waals surface area contributed by atoms with E-state index in [1.54, 1.807) is 72.8 Å². The third-order valence-corrected chi connectivity index (χ3v) is 25.2. The Morgan fingerprint density at radius 3 is 1.22 bits per heavy atom. The Morgan fingerprint density at radius 1 is 0.430 bits per heavy atom. The van der Waals surface area contributed by atoms with Gasteiger partial charge < -0.3 is 59.5 Å². The molecule has 3 atom stereocenters. The molecule has 3 unspecified atom stereocenters. The number of carbonyl (C=O) groups is 2. The molecular formula is C79H106Cl6N10O16S3. The third kappa shape index (κ3) is 32.4. The van der Waals surface area contributed by atoms with E-state index in [2.05, 4.69) is 45.1 Å². The number of likely N-dealkylation sites (N-methyl/N-ethyl adjacent to an activating group) is 3. The largest absolute Gasteiger partial charge is 0.379 e. The fourth-order valence-corrected chi connectivity index (χ4v) is 18.4. The number of benzene rings is 6. The molecule has 6 aromatic carbocycles. The van der Waals surface area contributed by atoms with Crippen LogP contribution in [0.15, 0.2) is 134 Å². The van der Waals surface area contributed by atoms with E-state index in [1.807, 2.05) is 57.5 Å². The predicted molar refractivity (Wildman–Crippen MR) is 449 cm³/mol. The summed E-state index contributed by atoms with van der Waals surface area (Å²) in [5, 5.41) is 14.3. The van der Waals surface area contributed by atoms with Gasteiger partial charge in [0.05, 0.1) is 99.6 Å². The molecule has 0 fully saturated rings. The smallest absolute Gasteiger partial charge is 0.314 e. The van der Waals surface area contributed by atoms with E-state index in [-0.39, 0.29) is 82.9 Å². The number of nitrogens with two attached hydrogens (primary N) is 1. The van der Waals surface area contributed by atoms with Crippen molar-refractivity contribution in [3.05, 3.63) is 199 Å². The van der Waals surface area contributed by atoms with E-state index in [0.29, 0.717) is 187 Å². The lowest BCUT2D eigenvalue weighted by molar-refractivity contribution is -0.119. The average Bonchev–Trinajstić information content (AvgIpc) is 0.783. The molecule has 9 rings (SSSR count). The fourth-order valence-electron chi connectivity index (χ4n) is 13.3. The number of sulfone groups is 1. The summed E-state index contributed by atoms with van der Waals surface area (Å²) in [5.41, 5.74) is 14.1. The van der Waals surface area contributed by atoms with Gasteiger partial charge in [-0.1, -0.05) is 123 Å². The van der Waals surface area contributed by atoms with E-state index in [0.717, 1.165) is 82.4 Å². The lowest BCUT2D eigenvalue weighted by atomic mass is 9.85. The summed E-state index contributed by atoms with van der Waals surface area (Å²) in [6.07, 6.45) is 5.49. The van der Waals surface area contributed by atoms with E-state index in [1.165, 1.54) is 0 Å². The molecule has 0 aromatic heterocycles. The Morgan fingerprint density at radius 2 is 0.798 bits per heavy atom. The van der Waals surface area contributed by atoms with Crippen LogP contribution in [0.2, 0.25) is 30.1 Å². The third-order valence-electron chi connectivity index (χ3n) is 18.8. The van der Waals surface area contributed by atoms with Crippen LogP contribution in [0.3, 0.4) is 0 Å². The van der Waals surface area contributed by atoms with Gasteiger partial charge in [0.1, 0.15) is 5.78 Å². The van der Waals surface area contributed by atoms with Gasteiger partial charge in [0.2, 0.25) is 20.0 Å². The number of sulfonamides is 2. The normalized spacial score (nSPS) is 15.8. The molecule has 0 saturated heterocycles. The highest BCUT2D eigenvalue weighted by Gasteiger charge is 2.32. The molecule has 628 valence electrons. The van der Waals surface area contributed by atoms with Crippen LogP contribution in [0.4, 0.5) is 4.79 Å². The van der Waals surface area contributed by atoms with Gasteiger partial charge in [0, 0.05) is 146 Å². The van der Waals surface area contributed by atoms with Crippen LogP contribution in [0.5, 0.6) is 0 Å². The lowest BCUT2D eigenvalue weighted by Gasteiger charge is -2.33. The Kier molecular flexibility index (Phi) is 42.4. The highest BCUT2D eigenvalue weighted by molar-refractivity contribution is 7.91. The molecule has 3 aliphatic rings. The summed E-state index contributed by atoms with van der Waals surface area (Å²) >= 11 is 38.4. The first-order valence-corrected chi connectivity index (χ1v) is 44.9. The first kappa shape index (κ1) is 95.7. The van der Waals surface area contributed by atoms with Crippen molar-refractivity contribution in [1.82, 2.24) is 34.8 Å². The van der Waals surface area contributed by atoms with Crippen LogP contribution in [0.25, 0.3) is 0 Å². The van der Waals surface area contributed by atoms with Gasteiger partial charge in [0.15, 0.2) is 9.84 Å². The van der Waals surface area contributed by atoms with Crippen LogP contribution in [0, 0.1) is 9.81 Å². The van der Waals surface area contributed by atoms with Crippen molar-refractivity contribution in [3.63, 3.8) is 0 Å². The molecule has 6 aromatic rings. The van der Waals surface area contributed by atoms with Gasteiger partial charge in [-0.3, -0.25) is 4.79 Å². The molecule has 0 spiro atoms. The molecule has 0 bridgehead atoms. The van der Waals surface area contributed by atoms with Crippen molar-refractivity contribution in [2.75, 3.05) is 172 Å². The first-order chi connectivity index (χ1) is 54.7. The number of nitrogens with one attached hydrogen (secondary N) is 4. The van der Waals surface area contributed by atoms with E-state index in [9.17, 15) is 44.7 Å². The molecule has 3 heterocycles. The topological polar surface area (TPSA) is 335 Å². The minimum Gasteiger partial charge on any atom is -0.379 e. The minimum absolute atomic E-state index is 0.0352. The number of hydrogen-bond donors (Lipinski definition) is 5. The van der Waals surface area contributed by atoms with Crippen molar-refractivity contribution in [2.45, 2.75) is 110 Å². The van der Waals surface area contributed by atoms with Crippen molar-refractivity contribution in [3.8, 4) is 0 Å². The standard InChI is InChI=1S/C53H69Cl4N5O10S2.C22H29Cl2N3O4S.C4H8N2O2/c1-61-34-47(45-30-40(54)32-51(56)49(45)36-61)38-10-6-14-43(28-38)73(65,66)27-9-20-70-24-25-71-21-17-59-53(64)58-16-5-3-4-12-42(63)13-8-19-69-23-26-72-22-18-60-74(67,68)44-15-7-11-39(29-44)48-35-62(2)37-50-46(48)31-41(55)33-52(50)57;1-27-14-20(19-12-17(23)13-22(24)21(19)15-27)16-3-2-4-18(11-16)32(28,29)26-6-8-31-10-9-30-7-5-25;7-5-3-1-2-4-6-8/h6-7,10-11,14-15,28-33,47-48,60H,3-5,8-9,12-13,16-27,34-37H2,1-2H3,(H2,58,59,64);2-4,11-13,20,26H,5-10,14-15,25H2,1H3;1-4H2. The molecule has 2 amide bonds. The zero-order chi connectivity index (χ0) is 82.5. The average molecular weight is 1760 g/mol. The van der Waals surface area contributed by atoms with Gasteiger partial charge >= 0.3 is 6.03 Å². The second-order valence-electron chi connectivity index (χ2n) is 27.8. The minimum atomic E-state index is -3.78. The number of urea groups is 1. The number of ether oxygens (including phenoxy) is 6. The zero-order valence-electron chi connectivity index (χ0n) is 64.7. The summed E-state index contributed by atoms with van der Waals surface area (Å²) in [6, 6.07) is 31.7. The molecule has 114 heavy (non-hydrogen) atoms. The van der Waals surface area contributed by atoms with E-state index in [4.69, 9.17) is 104 Å². The summed E-state index contributed by atoms with van der Waals surface area (Å²) in [5.74, 6) is -0.0652. The maximum absolute atomic E-state index is 13.2. The molecule has 0 radical (unpaired) electrons. The molecule has 26 nitrogen and oxygen atoms in total. The molecule has 0 saturated carbocycles. The zero-order valence-corrected chi connectivity index (χ0v) is 71.7. The highest BCUT2D eigenvalue weighted by atomic mass is 35.5. The summed E-state index contributed by atoms with van der Waals surface area (Å²) < 4.78 is 116. The quantitative estimate of drug-likeness (QED) is 0.0175. The number of halogens is 6. The fraction of sp³-hybridized carbons (Fsp3) is 0.519. The predicted octanol–water partition coefficient (Wildman–Crippen LogP) is 13.0. The van der Waals surface area contributed by atoms with Crippen molar-refractivity contribution in [2.24, 2.45) is 16.1 Å². The van der Waals surface area contributed by atoms with E-state index >= 15 is 0 Å². The maximum Gasteiger partial charge on any atom is 0.314 e. The number of hydrogen-bond acceptors (Lipinski definition) is 22. The number of carbonyl (C=O) groups excluding carboxylic acids is 2. The van der Waals surface area contributed by atoms with Gasteiger partial charge in [-0.25, -0.2) is 39.5 Å². The molecular weight excluding hydrogens is 1650 g/mol. The second kappa shape index (κ2) is 50.5. The van der Waals surface area contributed by atoms with Crippen molar-refractivity contribution >= 4 is 111 Å². The van der Waals surface area contributed by atoms with Crippen LogP contribution >= 0.6 is 69.6 Å². The summed E-state index contributed by atoms with van der Waals surface area (Å²) in [7, 11) is -4.95. The van der Waals surface area contributed by atoms with Crippen molar-refractivity contribution < 1.29 is 63.3 Å². The molecule has 3 aliphatic heterocycles. The number of rotatable bonds is 47. The van der Waals surface area contributed by atoms with Crippen LogP contribution in [-0.2, 0) is 82.7 Å². The monoisotopic (exact) mass is 1760 g/mol. The van der Waals surface area contributed by atoms with Crippen LogP contribution < -0.4 is 25.8 Å². The SMILES string of the molecule is CN1Cc2c(Cl)cc(Cl)cc2C(c2cccc(S(=O)(=O)CCCOCCOCCNC(=O)NCCCCCC(=O)CCCOCCOCCNS(=O)(=O)c3cccc(C4CN(C)Cc5c(Cl)cc(Cl)cc54)c3)c2)C1.CN1Cc2c(Cl)cc(Cl)cc2C(c2cccc(S(=O)(=O)NCCOCCOCCN)c2)C1.O=NCCCCN=O. The first-order valence-electron chi connectivity index (χ1n) is 38.0. The molecule has 0 aliphatic carbocycles.